The van der Waals surface area contributed by atoms with Crippen LogP contribution in [-0.4, -0.2) is 49.0 Å². The normalized spacial score (nSPS) is 15.8. The minimum absolute atomic E-state index is 0.0751. The summed E-state index contributed by atoms with van der Waals surface area (Å²) >= 11 is 0. The van der Waals surface area contributed by atoms with Gasteiger partial charge in [-0.2, -0.15) is 0 Å². The molecule has 0 spiro atoms. The number of ether oxygens (including phenoxy) is 1. The molecule has 0 aromatic heterocycles. The number of amides is 1. The van der Waals surface area contributed by atoms with Crippen LogP contribution in [0.5, 0.6) is 5.75 Å². The van der Waals surface area contributed by atoms with E-state index >= 15 is 0 Å². The van der Waals surface area contributed by atoms with Crippen molar-refractivity contribution in [2.45, 2.75) is 26.0 Å². The molecular formula is C21H26N2O2. The summed E-state index contributed by atoms with van der Waals surface area (Å²) in [6, 6.07) is 16.0. The minimum Gasteiger partial charge on any atom is -0.487 e. The first-order valence-electron chi connectivity index (χ1n) is 8.69. The Hall–Kier alpha value is -2.33. The molecule has 1 atom stereocenters. The number of likely N-dealkylation sites (tertiary alicyclic amines) is 1. The first-order chi connectivity index (χ1) is 11.9. The second-order valence-electron chi connectivity index (χ2n) is 7.08. The molecule has 0 saturated carbocycles. The van der Waals surface area contributed by atoms with E-state index in [0.29, 0.717) is 13.1 Å². The average molecular weight is 338 g/mol. The molecule has 1 fully saturated rings. The zero-order valence-electron chi connectivity index (χ0n) is 15.4. The summed E-state index contributed by atoms with van der Waals surface area (Å²) in [5, 5.41) is 0. The summed E-state index contributed by atoms with van der Waals surface area (Å²) in [6.45, 7) is 5.38. The van der Waals surface area contributed by atoms with Crippen LogP contribution < -0.4 is 4.74 Å². The Kier molecular flexibility index (Phi) is 5.09. The van der Waals surface area contributed by atoms with Crippen LogP contribution in [0.2, 0.25) is 0 Å². The minimum atomic E-state index is -0.250. The smallest absolute Gasteiger partial charge is 0.244 e. The zero-order chi connectivity index (χ0) is 18.0. The lowest BCUT2D eigenvalue weighted by Crippen LogP contribution is -2.58. The van der Waals surface area contributed by atoms with Crippen molar-refractivity contribution >= 4 is 5.91 Å². The van der Waals surface area contributed by atoms with E-state index in [4.69, 9.17) is 4.74 Å². The number of carbonyl (C=O) groups excluding carboxylic acids is 1. The summed E-state index contributed by atoms with van der Waals surface area (Å²) in [5.41, 5.74) is 3.39. The van der Waals surface area contributed by atoms with Gasteiger partial charge in [0.1, 0.15) is 17.9 Å². The average Bonchev–Trinajstić information content (AvgIpc) is 2.50. The summed E-state index contributed by atoms with van der Waals surface area (Å²) in [5.74, 6) is 1.01. The highest BCUT2D eigenvalue weighted by molar-refractivity contribution is 5.84. The molecule has 1 heterocycles. The molecule has 0 aliphatic carbocycles. The van der Waals surface area contributed by atoms with E-state index in [1.807, 2.05) is 67.2 Å². The highest BCUT2D eigenvalue weighted by Gasteiger charge is 2.37. The maximum Gasteiger partial charge on any atom is 0.244 e. The fourth-order valence-corrected chi connectivity index (χ4v) is 3.25. The lowest BCUT2D eigenvalue weighted by Gasteiger charge is -2.41. The molecule has 25 heavy (non-hydrogen) atoms. The maximum atomic E-state index is 13.0. The van der Waals surface area contributed by atoms with Gasteiger partial charge in [-0.05, 0) is 51.2 Å². The summed E-state index contributed by atoms with van der Waals surface area (Å²) in [7, 11) is 3.90. The third kappa shape index (κ3) is 4.02. The Balaban J connectivity index is 1.63. The fraction of sp³-hybridized carbons (Fsp3) is 0.381. The van der Waals surface area contributed by atoms with Gasteiger partial charge in [0.05, 0.1) is 13.1 Å². The Morgan fingerprint density at radius 3 is 2.32 bits per heavy atom. The van der Waals surface area contributed by atoms with Crippen molar-refractivity contribution in [3.05, 3.63) is 65.2 Å². The van der Waals surface area contributed by atoms with Crippen LogP contribution in [0, 0.1) is 13.8 Å². The second kappa shape index (κ2) is 7.28. The fourth-order valence-electron chi connectivity index (χ4n) is 3.25. The van der Waals surface area contributed by atoms with Crippen molar-refractivity contribution in [2.24, 2.45) is 0 Å². The summed E-state index contributed by atoms with van der Waals surface area (Å²) in [4.78, 5) is 16.8. The SMILES string of the molecule is Cc1cccc(OC2CN(C(=O)C(c3cccc(C)c3)N(C)C)C2)c1. The van der Waals surface area contributed by atoms with Crippen molar-refractivity contribution < 1.29 is 9.53 Å². The largest absolute Gasteiger partial charge is 0.487 e. The Labute approximate surface area is 150 Å². The standard InChI is InChI=1S/C21H26N2O2/c1-15-7-5-9-17(11-15)20(22(3)4)21(24)23-13-19(14-23)25-18-10-6-8-16(2)12-18/h5-12,19-20H,13-14H2,1-4H3. The topological polar surface area (TPSA) is 32.8 Å². The van der Waals surface area contributed by atoms with Gasteiger partial charge >= 0.3 is 0 Å². The molecular weight excluding hydrogens is 312 g/mol. The molecule has 0 bridgehead atoms. The maximum absolute atomic E-state index is 13.0. The predicted octanol–water partition coefficient (Wildman–Crippen LogP) is 3.20. The van der Waals surface area contributed by atoms with Crippen LogP contribution in [0.4, 0.5) is 0 Å². The molecule has 0 N–H and O–H groups in total. The summed E-state index contributed by atoms with van der Waals surface area (Å²) < 4.78 is 5.97. The Morgan fingerprint density at radius 1 is 1.08 bits per heavy atom. The van der Waals surface area contributed by atoms with Crippen LogP contribution in [0.25, 0.3) is 0 Å². The van der Waals surface area contributed by atoms with E-state index in [0.717, 1.165) is 11.3 Å². The van der Waals surface area contributed by atoms with Crippen LogP contribution in [-0.2, 0) is 4.79 Å². The second-order valence-corrected chi connectivity index (χ2v) is 7.08. The van der Waals surface area contributed by atoms with Gasteiger partial charge in [0.2, 0.25) is 5.91 Å². The molecule has 2 aromatic carbocycles. The van der Waals surface area contributed by atoms with Gasteiger partial charge in [0, 0.05) is 0 Å². The highest BCUT2D eigenvalue weighted by Crippen LogP contribution is 2.26. The molecule has 0 radical (unpaired) electrons. The van der Waals surface area contributed by atoms with Gasteiger partial charge < -0.3 is 9.64 Å². The summed E-state index contributed by atoms with van der Waals surface area (Å²) in [6.07, 6.45) is 0.0751. The van der Waals surface area contributed by atoms with Gasteiger partial charge in [-0.1, -0.05) is 42.0 Å². The van der Waals surface area contributed by atoms with Crippen LogP contribution in [0.1, 0.15) is 22.7 Å². The van der Waals surface area contributed by atoms with Gasteiger partial charge in [-0.3, -0.25) is 9.69 Å². The number of carbonyl (C=O) groups is 1. The molecule has 1 saturated heterocycles. The highest BCUT2D eigenvalue weighted by atomic mass is 16.5. The third-order valence-electron chi connectivity index (χ3n) is 4.56. The quantitative estimate of drug-likeness (QED) is 0.839. The van der Waals surface area contributed by atoms with Crippen molar-refractivity contribution in [1.29, 1.82) is 0 Å². The molecule has 2 aromatic rings. The van der Waals surface area contributed by atoms with E-state index in [9.17, 15) is 4.79 Å². The molecule has 1 aliphatic rings. The number of aryl methyl sites for hydroxylation is 2. The van der Waals surface area contributed by atoms with Crippen molar-refractivity contribution in [3.8, 4) is 5.75 Å². The first-order valence-corrected chi connectivity index (χ1v) is 8.69. The van der Waals surface area contributed by atoms with Crippen LogP contribution in [0.15, 0.2) is 48.5 Å². The molecule has 1 amide bonds. The van der Waals surface area contributed by atoms with E-state index in [1.165, 1.54) is 11.1 Å². The Bertz CT molecular complexity index is 751. The van der Waals surface area contributed by atoms with Crippen LogP contribution in [0.3, 0.4) is 0 Å². The monoisotopic (exact) mass is 338 g/mol. The zero-order valence-corrected chi connectivity index (χ0v) is 15.4. The first kappa shape index (κ1) is 17.5. The van der Waals surface area contributed by atoms with Gasteiger partial charge in [0.15, 0.2) is 0 Å². The number of hydrogen-bond donors (Lipinski definition) is 0. The number of nitrogens with zero attached hydrogens (tertiary/aromatic N) is 2. The van der Waals surface area contributed by atoms with E-state index in [1.54, 1.807) is 0 Å². The molecule has 3 rings (SSSR count). The van der Waals surface area contributed by atoms with Crippen LogP contribution >= 0.6 is 0 Å². The lowest BCUT2D eigenvalue weighted by molar-refractivity contribution is -0.145. The number of benzene rings is 2. The van der Waals surface area contributed by atoms with Crippen molar-refractivity contribution in [2.75, 3.05) is 27.2 Å². The number of likely N-dealkylation sites (N-methyl/N-ethyl adjacent to an activating group) is 1. The number of hydrogen-bond acceptors (Lipinski definition) is 3. The van der Waals surface area contributed by atoms with E-state index in [2.05, 4.69) is 19.1 Å². The van der Waals surface area contributed by atoms with Gasteiger partial charge in [0.25, 0.3) is 0 Å². The third-order valence-corrected chi connectivity index (χ3v) is 4.56. The molecule has 4 nitrogen and oxygen atoms in total. The Morgan fingerprint density at radius 2 is 1.72 bits per heavy atom. The van der Waals surface area contributed by atoms with Crippen molar-refractivity contribution in [1.82, 2.24) is 9.80 Å². The van der Waals surface area contributed by atoms with Gasteiger partial charge in [-0.25, -0.2) is 0 Å². The van der Waals surface area contributed by atoms with E-state index in [-0.39, 0.29) is 18.1 Å². The molecule has 1 aliphatic heterocycles. The predicted molar refractivity (Wildman–Crippen MR) is 99.8 cm³/mol. The molecule has 4 heteroatoms. The number of rotatable bonds is 5. The van der Waals surface area contributed by atoms with Gasteiger partial charge in [-0.15, -0.1) is 0 Å². The molecule has 132 valence electrons. The molecule has 1 unspecified atom stereocenters. The lowest BCUT2D eigenvalue weighted by atomic mass is 10.00. The van der Waals surface area contributed by atoms with Crippen molar-refractivity contribution in [3.63, 3.8) is 0 Å². The van der Waals surface area contributed by atoms with E-state index < -0.39 is 0 Å².